The van der Waals surface area contributed by atoms with Crippen molar-refractivity contribution in [3.05, 3.63) is 35.7 Å². The number of fused-ring (bicyclic) bond motifs is 1. The normalized spacial score (nSPS) is 14.7. The molecule has 4 heteroatoms. The zero-order chi connectivity index (χ0) is 12.7. The third-order valence-electron chi connectivity index (χ3n) is 3.26. The Morgan fingerprint density at radius 1 is 1.44 bits per heavy atom. The molecule has 18 heavy (non-hydrogen) atoms. The van der Waals surface area contributed by atoms with Gasteiger partial charge in [0.25, 0.3) is 5.91 Å². The lowest BCUT2D eigenvalue weighted by molar-refractivity contribution is 0.0948. The Morgan fingerprint density at radius 2 is 2.22 bits per heavy atom. The third-order valence-corrected chi connectivity index (χ3v) is 3.26. The van der Waals surface area contributed by atoms with E-state index in [1.54, 1.807) is 6.20 Å². The molecule has 1 saturated carbocycles. The summed E-state index contributed by atoms with van der Waals surface area (Å²) in [6.45, 7) is 1.95. The Kier molecular flexibility index (Phi) is 2.44. The largest absolute Gasteiger partial charge is 0.398 e. The second-order valence-electron chi connectivity index (χ2n) is 4.81. The fourth-order valence-electron chi connectivity index (χ4n) is 2.17. The number of carbonyl (C=O) groups excluding carboxylic acids is 1. The van der Waals surface area contributed by atoms with E-state index < -0.39 is 0 Å². The van der Waals surface area contributed by atoms with Crippen molar-refractivity contribution >= 4 is 22.4 Å². The molecule has 3 N–H and O–H groups in total. The maximum absolute atomic E-state index is 12.1. The molecule has 0 bridgehead atoms. The molecule has 1 aromatic carbocycles. The van der Waals surface area contributed by atoms with Crippen LogP contribution in [0.5, 0.6) is 0 Å². The van der Waals surface area contributed by atoms with Crippen LogP contribution in [0.15, 0.2) is 24.4 Å². The predicted octanol–water partition coefficient (Wildman–Crippen LogP) is 2.02. The topological polar surface area (TPSA) is 68.0 Å². The maximum Gasteiger partial charge on any atom is 0.270 e. The summed E-state index contributed by atoms with van der Waals surface area (Å²) in [4.78, 5) is 16.4. The van der Waals surface area contributed by atoms with Crippen LogP contribution in [-0.4, -0.2) is 16.9 Å². The van der Waals surface area contributed by atoms with E-state index in [9.17, 15) is 4.79 Å². The molecule has 0 spiro atoms. The van der Waals surface area contributed by atoms with Crippen LogP contribution in [0.2, 0.25) is 0 Å². The first kappa shape index (κ1) is 11.0. The summed E-state index contributed by atoms with van der Waals surface area (Å²) in [6, 6.07) is 5.93. The molecule has 1 aliphatic carbocycles. The van der Waals surface area contributed by atoms with Crippen LogP contribution in [0.4, 0.5) is 5.69 Å². The van der Waals surface area contributed by atoms with Crippen LogP contribution >= 0.6 is 0 Å². The van der Waals surface area contributed by atoms with E-state index in [4.69, 9.17) is 5.73 Å². The number of carbonyl (C=O) groups is 1. The minimum atomic E-state index is -0.104. The SMILES string of the molecule is Cc1cnc(C(=O)NC2CC2)c2cccc(N)c12. The number of aryl methyl sites for hydroxylation is 1. The number of anilines is 1. The van der Waals surface area contributed by atoms with Gasteiger partial charge in [-0.15, -0.1) is 0 Å². The van der Waals surface area contributed by atoms with Gasteiger partial charge in [-0.1, -0.05) is 12.1 Å². The van der Waals surface area contributed by atoms with Gasteiger partial charge < -0.3 is 11.1 Å². The lowest BCUT2D eigenvalue weighted by Gasteiger charge is -2.10. The van der Waals surface area contributed by atoms with Gasteiger partial charge in [0, 0.05) is 28.7 Å². The average Bonchev–Trinajstić information content (AvgIpc) is 3.13. The van der Waals surface area contributed by atoms with Crippen LogP contribution < -0.4 is 11.1 Å². The summed E-state index contributed by atoms with van der Waals surface area (Å²) in [5.41, 5.74) is 8.13. The highest BCUT2D eigenvalue weighted by atomic mass is 16.2. The van der Waals surface area contributed by atoms with E-state index in [1.807, 2.05) is 25.1 Å². The number of rotatable bonds is 2. The quantitative estimate of drug-likeness (QED) is 0.790. The summed E-state index contributed by atoms with van der Waals surface area (Å²) in [5.74, 6) is -0.104. The van der Waals surface area contributed by atoms with Crippen molar-refractivity contribution < 1.29 is 4.79 Å². The van der Waals surface area contributed by atoms with E-state index in [2.05, 4.69) is 10.3 Å². The van der Waals surface area contributed by atoms with Gasteiger partial charge in [0.15, 0.2) is 0 Å². The first-order chi connectivity index (χ1) is 8.66. The van der Waals surface area contributed by atoms with Crippen LogP contribution in [0.25, 0.3) is 10.8 Å². The molecule has 0 unspecified atom stereocenters. The number of aromatic nitrogens is 1. The molecule has 1 amide bonds. The molecule has 0 saturated heterocycles. The summed E-state index contributed by atoms with van der Waals surface area (Å²) >= 11 is 0. The van der Waals surface area contributed by atoms with Crippen LogP contribution in [0, 0.1) is 6.92 Å². The molecule has 4 nitrogen and oxygen atoms in total. The van der Waals surface area contributed by atoms with E-state index in [1.165, 1.54) is 0 Å². The first-order valence-corrected chi connectivity index (χ1v) is 6.11. The molecule has 3 rings (SSSR count). The Balaban J connectivity index is 2.14. The molecule has 0 radical (unpaired) electrons. The highest BCUT2D eigenvalue weighted by molar-refractivity contribution is 6.09. The molecular formula is C14H15N3O. The monoisotopic (exact) mass is 241 g/mol. The molecule has 0 aliphatic heterocycles. The predicted molar refractivity (Wildman–Crippen MR) is 71.4 cm³/mol. The lowest BCUT2D eigenvalue weighted by atomic mass is 10.0. The molecular weight excluding hydrogens is 226 g/mol. The molecule has 1 aliphatic rings. The van der Waals surface area contributed by atoms with Crippen LogP contribution in [0.1, 0.15) is 28.9 Å². The number of pyridine rings is 1. The number of hydrogen-bond acceptors (Lipinski definition) is 3. The van der Waals surface area contributed by atoms with Gasteiger partial charge in [0.1, 0.15) is 5.69 Å². The Bertz CT molecular complexity index is 624. The fourth-order valence-corrected chi connectivity index (χ4v) is 2.17. The van der Waals surface area contributed by atoms with E-state index in [0.29, 0.717) is 17.4 Å². The molecule has 1 aromatic heterocycles. The number of amides is 1. The zero-order valence-electron chi connectivity index (χ0n) is 10.2. The van der Waals surface area contributed by atoms with E-state index in [0.717, 1.165) is 29.2 Å². The van der Waals surface area contributed by atoms with Crippen molar-refractivity contribution in [1.29, 1.82) is 0 Å². The number of hydrogen-bond donors (Lipinski definition) is 2. The Morgan fingerprint density at radius 3 is 2.94 bits per heavy atom. The highest BCUT2D eigenvalue weighted by Crippen LogP contribution is 2.27. The van der Waals surface area contributed by atoms with Crippen molar-refractivity contribution in [3.63, 3.8) is 0 Å². The number of benzene rings is 1. The van der Waals surface area contributed by atoms with Gasteiger partial charge in [0.05, 0.1) is 0 Å². The standard InChI is InChI=1S/C14H15N3O/c1-8-7-16-13(14(18)17-9-5-6-9)10-3-2-4-11(15)12(8)10/h2-4,7,9H,5-6,15H2,1H3,(H,17,18). The van der Waals surface area contributed by atoms with E-state index >= 15 is 0 Å². The molecule has 1 heterocycles. The van der Waals surface area contributed by atoms with E-state index in [-0.39, 0.29) is 5.91 Å². The Hall–Kier alpha value is -2.10. The van der Waals surface area contributed by atoms with Crippen LogP contribution in [-0.2, 0) is 0 Å². The summed E-state index contributed by atoms with van der Waals surface area (Å²) in [7, 11) is 0. The molecule has 0 atom stereocenters. The van der Waals surface area contributed by atoms with Gasteiger partial charge >= 0.3 is 0 Å². The van der Waals surface area contributed by atoms with Crippen molar-refractivity contribution in [3.8, 4) is 0 Å². The molecule has 1 fully saturated rings. The second kappa shape index (κ2) is 3.98. The van der Waals surface area contributed by atoms with Crippen molar-refractivity contribution in [2.75, 3.05) is 5.73 Å². The Labute approximate surface area is 105 Å². The number of nitrogen functional groups attached to an aromatic ring is 1. The summed E-state index contributed by atoms with van der Waals surface area (Å²) < 4.78 is 0. The zero-order valence-corrected chi connectivity index (χ0v) is 10.2. The van der Waals surface area contributed by atoms with Crippen molar-refractivity contribution in [2.45, 2.75) is 25.8 Å². The van der Waals surface area contributed by atoms with Gasteiger partial charge in [-0.25, -0.2) is 0 Å². The average molecular weight is 241 g/mol. The van der Waals surface area contributed by atoms with Crippen molar-refractivity contribution in [2.24, 2.45) is 0 Å². The second-order valence-corrected chi connectivity index (χ2v) is 4.81. The van der Waals surface area contributed by atoms with Gasteiger partial charge in [-0.2, -0.15) is 0 Å². The lowest BCUT2D eigenvalue weighted by Crippen LogP contribution is -2.26. The van der Waals surface area contributed by atoms with Crippen molar-refractivity contribution in [1.82, 2.24) is 10.3 Å². The third kappa shape index (κ3) is 1.79. The van der Waals surface area contributed by atoms with Gasteiger partial charge in [-0.3, -0.25) is 9.78 Å². The maximum atomic E-state index is 12.1. The van der Waals surface area contributed by atoms with Crippen LogP contribution in [0.3, 0.4) is 0 Å². The highest BCUT2D eigenvalue weighted by Gasteiger charge is 2.25. The number of nitrogens with two attached hydrogens (primary N) is 1. The molecule has 2 aromatic rings. The minimum Gasteiger partial charge on any atom is -0.398 e. The fraction of sp³-hybridized carbons (Fsp3) is 0.286. The van der Waals surface area contributed by atoms with Gasteiger partial charge in [0.2, 0.25) is 0 Å². The molecule has 92 valence electrons. The summed E-state index contributed by atoms with van der Waals surface area (Å²) in [5, 5.41) is 4.71. The smallest absolute Gasteiger partial charge is 0.270 e. The number of nitrogens with zero attached hydrogens (tertiary/aromatic N) is 1. The number of nitrogens with one attached hydrogen (secondary N) is 1. The minimum absolute atomic E-state index is 0.104. The van der Waals surface area contributed by atoms with Gasteiger partial charge in [-0.05, 0) is 31.4 Å². The summed E-state index contributed by atoms with van der Waals surface area (Å²) in [6.07, 6.45) is 3.84. The first-order valence-electron chi connectivity index (χ1n) is 6.11.